The fraction of sp³-hybridized carbons (Fsp3) is 0.692. The van der Waals surface area contributed by atoms with E-state index in [1.807, 2.05) is 0 Å². The van der Waals surface area contributed by atoms with Crippen LogP contribution in [0.4, 0.5) is 0 Å². The molecule has 0 unspecified atom stereocenters. The van der Waals surface area contributed by atoms with E-state index >= 15 is 0 Å². The molecule has 0 atom stereocenters. The van der Waals surface area contributed by atoms with Crippen LogP contribution in [0.25, 0.3) is 0 Å². The molecule has 0 aliphatic carbocycles. The van der Waals surface area contributed by atoms with Crippen LogP contribution < -0.4 is 0 Å². The number of nitrogens with one attached hydrogen (secondary N) is 1. The molecule has 1 heterocycles. The zero-order valence-electron chi connectivity index (χ0n) is 11.7. The lowest BCUT2D eigenvalue weighted by molar-refractivity contribution is 0.395. The minimum absolute atomic E-state index is 0.291. The van der Waals surface area contributed by atoms with Gasteiger partial charge in [-0.05, 0) is 18.9 Å². The van der Waals surface area contributed by atoms with E-state index in [9.17, 15) is 8.42 Å². The van der Waals surface area contributed by atoms with Crippen LogP contribution in [0.3, 0.4) is 0 Å². The van der Waals surface area contributed by atoms with Crippen LogP contribution in [0.2, 0.25) is 0 Å². The van der Waals surface area contributed by atoms with Gasteiger partial charge in [-0.1, -0.05) is 26.7 Å². The molecule has 0 spiro atoms. The first-order chi connectivity index (χ1) is 9.06. The summed E-state index contributed by atoms with van der Waals surface area (Å²) in [5.74, 6) is 0.291. The molecule has 0 amide bonds. The van der Waals surface area contributed by atoms with Crippen molar-refractivity contribution in [2.45, 2.75) is 50.3 Å². The van der Waals surface area contributed by atoms with Crippen molar-refractivity contribution in [3.8, 4) is 0 Å². The molecule has 0 aromatic carbocycles. The SMILES string of the molecule is CCCCN(CCCC)S(=O)(=O)c1c[nH]c(CCl)c1. The molecule has 110 valence electrons. The van der Waals surface area contributed by atoms with Crippen molar-refractivity contribution in [2.24, 2.45) is 0 Å². The van der Waals surface area contributed by atoms with Gasteiger partial charge in [0.25, 0.3) is 0 Å². The van der Waals surface area contributed by atoms with Crippen molar-refractivity contribution in [1.82, 2.24) is 9.29 Å². The molecule has 0 aliphatic rings. The second kappa shape index (κ2) is 7.92. The molecule has 6 heteroatoms. The standard InChI is InChI=1S/C13H23ClN2O2S/c1-3-5-7-16(8-6-4-2)19(17,18)13-9-12(10-14)15-11-13/h9,11,15H,3-8,10H2,1-2H3. The minimum atomic E-state index is -3.39. The van der Waals surface area contributed by atoms with E-state index in [1.54, 1.807) is 10.4 Å². The molecule has 1 N–H and O–H groups in total. The highest BCUT2D eigenvalue weighted by molar-refractivity contribution is 7.89. The lowest BCUT2D eigenvalue weighted by Gasteiger charge is -2.21. The van der Waals surface area contributed by atoms with Gasteiger partial charge < -0.3 is 4.98 Å². The summed E-state index contributed by atoms with van der Waals surface area (Å²) in [6, 6.07) is 1.62. The maximum atomic E-state index is 12.5. The Balaban J connectivity index is 2.90. The second-order valence-electron chi connectivity index (χ2n) is 4.61. The van der Waals surface area contributed by atoms with Crippen LogP contribution in [-0.2, 0) is 15.9 Å². The van der Waals surface area contributed by atoms with E-state index in [0.29, 0.717) is 23.9 Å². The molecule has 0 bridgehead atoms. The zero-order chi connectivity index (χ0) is 14.3. The maximum Gasteiger partial charge on any atom is 0.244 e. The highest BCUT2D eigenvalue weighted by Gasteiger charge is 2.24. The van der Waals surface area contributed by atoms with Gasteiger partial charge in [-0.2, -0.15) is 4.31 Å². The predicted octanol–water partition coefficient (Wildman–Crippen LogP) is 3.34. The van der Waals surface area contributed by atoms with Crippen LogP contribution in [-0.4, -0.2) is 30.8 Å². The summed E-state index contributed by atoms with van der Waals surface area (Å²) in [5.41, 5.74) is 0.728. The predicted molar refractivity (Wildman–Crippen MR) is 78.9 cm³/mol. The number of unbranched alkanes of at least 4 members (excludes halogenated alkanes) is 2. The third kappa shape index (κ3) is 4.51. The molecule has 1 aromatic heterocycles. The van der Waals surface area contributed by atoms with Crippen molar-refractivity contribution in [1.29, 1.82) is 0 Å². The monoisotopic (exact) mass is 306 g/mol. The van der Waals surface area contributed by atoms with Crippen LogP contribution >= 0.6 is 11.6 Å². The number of nitrogens with zero attached hydrogens (tertiary/aromatic N) is 1. The third-order valence-corrected chi connectivity index (χ3v) is 5.18. The van der Waals surface area contributed by atoms with Gasteiger partial charge in [0, 0.05) is 25.0 Å². The molecule has 0 saturated heterocycles. The van der Waals surface area contributed by atoms with Gasteiger partial charge in [-0.3, -0.25) is 0 Å². The number of alkyl halides is 1. The van der Waals surface area contributed by atoms with E-state index in [4.69, 9.17) is 11.6 Å². The van der Waals surface area contributed by atoms with Crippen molar-refractivity contribution < 1.29 is 8.42 Å². The molecule has 0 radical (unpaired) electrons. The average Bonchev–Trinajstić information content (AvgIpc) is 2.88. The Kier molecular flexibility index (Phi) is 6.89. The molecule has 0 aliphatic heterocycles. The van der Waals surface area contributed by atoms with E-state index < -0.39 is 10.0 Å². The van der Waals surface area contributed by atoms with Crippen molar-refractivity contribution in [3.05, 3.63) is 18.0 Å². The second-order valence-corrected chi connectivity index (χ2v) is 6.81. The molecular weight excluding hydrogens is 284 g/mol. The number of aromatic nitrogens is 1. The Labute approximate surface area is 121 Å². The van der Waals surface area contributed by atoms with Crippen LogP contribution in [0.1, 0.15) is 45.2 Å². The van der Waals surface area contributed by atoms with Crippen molar-refractivity contribution in [2.75, 3.05) is 13.1 Å². The van der Waals surface area contributed by atoms with Gasteiger partial charge >= 0.3 is 0 Å². The number of H-pyrrole nitrogens is 1. The van der Waals surface area contributed by atoms with Gasteiger partial charge in [-0.15, -0.1) is 11.6 Å². The van der Waals surface area contributed by atoms with Crippen LogP contribution in [0, 0.1) is 0 Å². The highest BCUT2D eigenvalue weighted by atomic mass is 35.5. The summed E-state index contributed by atoms with van der Waals surface area (Å²) in [7, 11) is -3.39. The summed E-state index contributed by atoms with van der Waals surface area (Å²) in [5, 5.41) is 0. The van der Waals surface area contributed by atoms with E-state index in [0.717, 1.165) is 31.4 Å². The van der Waals surface area contributed by atoms with Crippen molar-refractivity contribution in [3.63, 3.8) is 0 Å². The fourth-order valence-electron chi connectivity index (χ4n) is 1.82. The Morgan fingerprint density at radius 3 is 2.21 bits per heavy atom. The van der Waals surface area contributed by atoms with Gasteiger partial charge in [0.1, 0.15) is 0 Å². The number of sulfonamides is 1. The Morgan fingerprint density at radius 2 is 1.79 bits per heavy atom. The van der Waals surface area contributed by atoms with Crippen LogP contribution in [0.5, 0.6) is 0 Å². The molecule has 4 nitrogen and oxygen atoms in total. The Morgan fingerprint density at radius 1 is 1.21 bits per heavy atom. The number of rotatable bonds is 9. The van der Waals surface area contributed by atoms with E-state index in [1.165, 1.54) is 6.20 Å². The van der Waals surface area contributed by atoms with Gasteiger partial charge in [0.15, 0.2) is 0 Å². The zero-order valence-corrected chi connectivity index (χ0v) is 13.2. The maximum absolute atomic E-state index is 12.5. The normalized spacial score (nSPS) is 12.2. The fourth-order valence-corrected chi connectivity index (χ4v) is 3.51. The quantitative estimate of drug-likeness (QED) is 0.711. The lowest BCUT2D eigenvalue weighted by atomic mass is 10.3. The van der Waals surface area contributed by atoms with Gasteiger partial charge in [0.05, 0.1) is 10.8 Å². The first-order valence-corrected chi connectivity index (χ1v) is 8.77. The van der Waals surface area contributed by atoms with Gasteiger partial charge in [-0.25, -0.2) is 8.42 Å². The summed E-state index contributed by atoms with van der Waals surface area (Å²) in [4.78, 5) is 3.21. The molecule has 1 aromatic rings. The largest absolute Gasteiger partial charge is 0.363 e. The first-order valence-electron chi connectivity index (χ1n) is 6.79. The molecule has 1 rings (SSSR count). The molecule has 19 heavy (non-hydrogen) atoms. The average molecular weight is 307 g/mol. The van der Waals surface area contributed by atoms with Crippen LogP contribution in [0.15, 0.2) is 17.2 Å². The molecule has 0 saturated carbocycles. The summed E-state index contributed by atoms with van der Waals surface area (Å²) >= 11 is 5.70. The summed E-state index contributed by atoms with van der Waals surface area (Å²) in [6.45, 7) is 5.29. The van der Waals surface area contributed by atoms with E-state index in [2.05, 4.69) is 18.8 Å². The number of hydrogen-bond acceptors (Lipinski definition) is 2. The molecular formula is C13H23ClN2O2S. The van der Waals surface area contributed by atoms with E-state index in [-0.39, 0.29) is 0 Å². The number of hydrogen-bond donors (Lipinski definition) is 1. The van der Waals surface area contributed by atoms with Crippen molar-refractivity contribution >= 4 is 21.6 Å². The summed E-state index contributed by atoms with van der Waals surface area (Å²) < 4.78 is 26.7. The third-order valence-electron chi connectivity index (χ3n) is 3.02. The minimum Gasteiger partial charge on any atom is -0.363 e. The Hall–Kier alpha value is -0.520. The topological polar surface area (TPSA) is 53.2 Å². The van der Waals surface area contributed by atoms with Gasteiger partial charge in [0.2, 0.25) is 10.0 Å². The lowest BCUT2D eigenvalue weighted by Crippen LogP contribution is -2.32. The first kappa shape index (κ1) is 16.5. The molecule has 0 fully saturated rings. The number of halogens is 1. The number of aromatic amines is 1. The highest BCUT2D eigenvalue weighted by Crippen LogP contribution is 2.19. The smallest absolute Gasteiger partial charge is 0.244 e. The Bertz CT molecular complexity index is 463. The summed E-state index contributed by atoms with van der Waals surface area (Å²) in [6.07, 6.45) is 5.26.